The molecule has 110 valence electrons. The van der Waals surface area contributed by atoms with E-state index in [1.165, 1.54) is 0 Å². The van der Waals surface area contributed by atoms with Crippen LogP contribution in [0.4, 0.5) is 22.0 Å². The predicted octanol–water partition coefficient (Wildman–Crippen LogP) is 1.06. The molecule has 0 heterocycles. The molecule has 0 saturated heterocycles. The molecule has 1 atom stereocenters. The fourth-order valence-corrected chi connectivity index (χ4v) is 1.09. The lowest BCUT2D eigenvalue weighted by molar-refractivity contribution is -0.319. The maximum atomic E-state index is 13.1. The van der Waals surface area contributed by atoms with Crippen molar-refractivity contribution in [3.63, 3.8) is 0 Å². The van der Waals surface area contributed by atoms with Gasteiger partial charge in [-0.2, -0.15) is 22.0 Å². The molecule has 0 aromatic carbocycles. The molecule has 9 heteroatoms. The van der Waals surface area contributed by atoms with E-state index in [-0.39, 0.29) is 12.2 Å². The lowest BCUT2D eigenvalue weighted by Gasteiger charge is -2.30. The molecule has 0 aliphatic carbocycles. The number of hydrogen-bond acceptors (Lipinski definition) is 4. The SMILES string of the molecule is CC(C)C(OC(=O)C=CC(=O)[O-])C(F)(F)C(F)(F)F. The summed E-state index contributed by atoms with van der Waals surface area (Å²) in [6.45, 7) is 2.00. The Bertz CT molecular complexity index is 373. The molecular formula is C10H10F5O4-. The topological polar surface area (TPSA) is 66.4 Å². The van der Waals surface area contributed by atoms with Gasteiger partial charge in [0.05, 0.1) is 5.97 Å². The van der Waals surface area contributed by atoms with Crippen LogP contribution in [-0.4, -0.2) is 30.1 Å². The predicted molar refractivity (Wildman–Crippen MR) is 49.9 cm³/mol. The molecule has 0 aliphatic rings. The second-order valence-electron chi connectivity index (χ2n) is 3.87. The van der Waals surface area contributed by atoms with Gasteiger partial charge in [-0.15, -0.1) is 0 Å². The fourth-order valence-electron chi connectivity index (χ4n) is 1.09. The van der Waals surface area contributed by atoms with Gasteiger partial charge in [0.2, 0.25) is 0 Å². The van der Waals surface area contributed by atoms with Crippen LogP contribution in [0.1, 0.15) is 13.8 Å². The highest BCUT2D eigenvalue weighted by Gasteiger charge is 2.64. The Labute approximate surface area is 104 Å². The van der Waals surface area contributed by atoms with Crippen molar-refractivity contribution in [3.8, 4) is 0 Å². The summed E-state index contributed by atoms with van der Waals surface area (Å²) in [4.78, 5) is 20.9. The van der Waals surface area contributed by atoms with E-state index in [2.05, 4.69) is 4.74 Å². The van der Waals surface area contributed by atoms with Crippen LogP contribution in [0.25, 0.3) is 0 Å². The molecule has 19 heavy (non-hydrogen) atoms. The highest BCUT2D eigenvalue weighted by atomic mass is 19.4. The molecular weight excluding hydrogens is 279 g/mol. The summed E-state index contributed by atoms with van der Waals surface area (Å²) >= 11 is 0. The lowest BCUT2D eigenvalue weighted by atomic mass is 10.0. The molecule has 4 nitrogen and oxygen atoms in total. The number of halogens is 5. The summed E-state index contributed by atoms with van der Waals surface area (Å²) in [5, 5.41) is 9.95. The number of alkyl halides is 5. The van der Waals surface area contributed by atoms with E-state index in [0.29, 0.717) is 0 Å². The van der Waals surface area contributed by atoms with Gasteiger partial charge >= 0.3 is 18.1 Å². The quantitative estimate of drug-likeness (QED) is 0.431. The van der Waals surface area contributed by atoms with Crippen molar-refractivity contribution in [1.82, 2.24) is 0 Å². The van der Waals surface area contributed by atoms with Crippen LogP contribution in [0.15, 0.2) is 12.2 Å². The first kappa shape index (κ1) is 17.3. The Morgan fingerprint density at radius 1 is 1.11 bits per heavy atom. The first-order chi connectivity index (χ1) is 8.39. The van der Waals surface area contributed by atoms with Crippen LogP contribution >= 0.6 is 0 Å². The summed E-state index contributed by atoms with van der Waals surface area (Å²) < 4.78 is 66.5. The van der Waals surface area contributed by atoms with Crippen molar-refractivity contribution >= 4 is 11.9 Å². The van der Waals surface area contributed by atoms with Crippen molar-refractivity contribution < 1.29 is 41.4 Å². The summed E-state index contributed by atoms with van der Waals surface area (Å²) in [7, 11) is 0. The molecule has 0 N–H and O–H groups in total. The average Bonchev–Trinajstić information content (AvgIpc) is 2.20. The van der Waals surface area contributed by atoms with E-state index in [1.807, 2.05) is 0 Å². The molecule has 0 aromatic heterocycles. The Balaban J connectivity index is 5.06. The number of carboxylic acids is 1. The Morgan fingerprint density at radius 3 is 1.89 bits per heavy atom. The molecule has 0 aliphatic heterocycles. The first-order valence-corrected chi connectivity index (χ1v) is 4.93. The highest BCUT2D eigenvalue weighted by Crippen LogP contribution is 2.41. The van der Waals surface area contributed by atoms with Gasteiger partial charge in [0.1, 0.15) is 0 Å². The summed E-state index contributed by atoms with van der Waals surface area (Å²) in [5.74, 6) is -10.0. The van der Waals surface area contributed by atoms with Crippen LogP contribution in [0.5, 0.6) is 0 Å². The summed E-state index contributed by atoms with van der Waals surface area (Å²) in [6.07, 6.45) is -8.30. The molecule has 0 fully saturated rings. The maximum absolute atomic E-state index is 13.1. The van der Waals surface area contributed by atoms with Gasteiger partial charge in [0, 0.05) is 6.08 Å². The molecule has 0 amide bonds. The second kappa shape index (κ2) is 5.98. The number of rotatable bonds is 5. The zero-order chi connectivity index (χ0) is 15.4. The third-order valence-corrected chi connectivity index (χ3v) is 1.94. The highest BCUT2D eigenvalue weighted by molar-refractivity contribution is 5.90. The first-order valence-electron chi connectivity index (χ1n) is 4.93. The minimum Gasteiger partial charge on any atom is -0.545 e. The van der Waals surface area contributed by atoms with Crippen LogP contribution in [0.2, 0.25) is 0 Å². The molecule has 0 rings (SSSR count). The van der Waals surface area contributed by atoms with Crippen LogP contribution in [0, 0.1) is 5.92 Å². The number of carbonyl (C=O) groups is 2. The molecule has 0 radical (unpaired) electrons. The van der Waals surface area contributed by atoms with Gasteiger partial charge in [-0.05, 0) is 12.0 Å². The largest absolute Gasteiger partial charge is 0.545 e. The monoisotopic (exact) mass is 289 g/mol. The van der Waals surface area contributed by atoms with E-state index < -0.39 is 36.1 Å². The average molecular weight is 289 g/mol. The van der Waals surface area contributed by atoms with Crippen molar-refractivity contribution in [2.75, 3.05) is 0 Å². The van der Waals surface area contributed by atoms with Gasteiger partial charge in [-0.25, -0.2) is 4.79 Å². The van der Waals surface area contributed by atoms with E-state index in [4.69, 9.17) is 0 Å². The van der Waals surface area contributed by atoms with Crippen LogP contribution in [-0.2, 0) is 14.3 Å². The Hall–Kier alpha value is -1.67. The van der Waals surface area contributed by atoms with Gasteiger partial charge in [0.25, 0.3) is 0 Å². The van der Waals surface area contributed by atoms with Gasteiger partial charge in [0.15, 0.2) is 6.10 Å². The Kier molecular flexibility index (Phi) is 5.46. The molecule has 0 aromatic rings. The fraction of sp³-hybridized carbons (Fsp3) is 0.600. The van der Waals surface area contributed by atoms with Crippen molar-refractivity contribution in [3.05, 3.63) is 12.2 Å². The summed E-state index contributed by atoms with van der Waals surface area (Å²) in [6, 6.07) is 0. The minimum atomic E-state index is -5.89. The Morgan fingerprint density at radius 2 is 1.58 bits per heavy atom. The third kappa shape index (κ3) is 4.84. The standard InChI is InChI=1S/C10H11F5O4/c1-5(2)8(9(11,12)10(13,14)15)19-7(18)4-3-6(16)17/h3-5,8H,1-2H3,(H,16,17)/p-1. The summed E-state index contributed by atoms with van der Waals surface area (Å²) in [5.41, 5.74) is 0. The minimum absolute atomic E-state index is 0.158. The number of esters is 1. The second-order valence-corrected chi connectivity index (χ2v) is 3.87. The number of aliphatic carboxylic acids is 1. The zero-order valence-corrected chi connectivity index (χ0v) is 9.83. The smallest absolute Gasteiger partial charge is 0.457 e. The maximum Gasteiger partial charge on any atom is 0.457 e. The lowest BCUT2D eigenvalue weighted by Crippen LogP contribution is -2.51. The van der Waals surface area contributed by atoms with Gasteiger partial charge in [-0.3, -0.25) is 0 Å². The molecule has 0 bridgehead atoms. The van der Waals surface area contributed by atoms with E-state index in [1.54, 1.807) is 0 Å². The van der Waals surface area contributed by atoms with Crippen molar-refractivity contribution in [2.24, 2.45) is 5.92 Å². The number of carboxylic acid groups (broad SMARTS) is 1. The number of hydrogen-bond donors (Lipinski definition) is 0. The normalized spacial score (nSPS) is 14.7. The van der Waals surface area contributed by atoms with Crippen LogP contribution < -0.4 is 5.11 Å². The van der Waals surface area contributed by atoms with E-state index >= 15 is 0 Å². The number of ether oxygens (including phenoxy) is 1. The third-order valence-electron chi connectivity index (χ3n) is 1.94. The van der Waals surface area contributed by atoms with E-state index in [0.717, 1.165) is 13.8 Å². The van der Waals surface area contributed by atoms with E-state index in [9.17, 15) is 36.6 Å². The van der Waals surface area contributed by atoms with Crippen molar-refractivity contribution in [2.45, 2.75) is 32.1 Å². The molecule has 0 saturated carbocycles. The van der Waals surface area contributed by atoms with Gasteiger partial charge in [-0.1, -0.05) is 13.8 Å². The molecule has 0 spiro atoms. The number of carbonyl (C=O) groups excluding carboxylic acids is 2. The van der Waals surface area contributed by atoms with Crippen molar-refractivity contribution in [1.29, 1.82) is 0 Å². The van der Waals surface area contributed by atoms with Crippen LogP contribution in [0.3, 0.4) is 0 Å². The van der Waals surface area contributed by atoms with Gasteiger partial charge < -0.3 is 14.6 Å². The molecule has 1 unspecified atom stereocenters. The zero-order valence-electron chi connectivity index (χ0n) is 9.83.